The molecule has 1 amide bonds. The van der Waals surface area contributed by atoms with Gasteiger partial charge in [0.25, 0.3) is 0 Å². The molecule has 0 spiro atoms. The third-order valence-electron chi connectivity index (χ3n) is 3.50. The standard InChI is InChI=1S/C17H18N2O5/c1-21-12-4-6-14(22-2)13(8-12)18-9-17(20)19-11-3-5-15-16(7-11)24-10-23-15/h3-8,18H,9-10H2,1-2H3,(H,19,20). The van der Waals surface area contributed by atoms with E-state index in [0.717, 1.165) is 0 Å². The van der Waals surface area contributed by atoms with Gasteiger partial charge in [0.2, 0.25) is 12.7 Å². The van der Waals surface area contributed by atoms with Crippen molar-refractivity contribution in [2.24, 2.45) is 0 Å². The van der Waals surface area contributed by atoms with Gasteiger partial charge in [-0.05, 0) is 24.3 Å². The molecule has 126 valence electrons. The van der Waals surface area contributed by atoms with E-state index in [1.54, 1.807) is 50.6 Å². The summed E-state index contributed by atoms with van der Waals surface area (Å²) in [6.45, 7) is 0.280. The van der Waals surface area contributed by atoms with Crippen molar-refractivity contribution in [2.45, 2.75) is 0 Å². The van der Waals surface area contributed by atoms with Crippen LogP contribution in [0.4, 0.5) is 11.4 Å². The normalized spacial score (nSPS) is 11.8. The first kappa shape index (κ1) is 15.8. The van der Waals surface area contributed by atoms with E-state index in [9.17, 15) is 4.79 Å². The molecule has 0 aliphatic carbocycles. The molecular formula is C17H18N2O5. The molecule has 1 heterocycles. The highest BCUT2D eigenvalue weighted by atomic mass is 16.7. The molecule has 3 rings (SSSR count). The Morgan fingerprint density at radius 3 is 2.71 bits per heavy atom. The quantitative estimate of drug-likeness (QED) is 0.847. The average Bonchev–Trinajstić information content (AvgIpc) is 3.07. The summed E-state index contributed by atoms with van der Waals surface area (Å²) in [7, 11) is 3.15. The lowest BCUT2D eigenvalue weighted by atomic mass is 10.2. The minimum atomic E-state index is -0.196. The predicted molar refractivity (Wildman–Crippen MR) is 89.2 cm³/mol. The van der Waals surface area contributed by atoms with Gasteiger partial charge < -0.3 is 29.6 Å². The zero-order chi connectivity index (χ0) is 16.9. The molecule has 0 saturated carbocycles. The van der Waals surface area contributed by atoms with Gasteiger partial charge in [0.15, 0.2) is 11.5 Å². The Morgan fingerprint density at radius 1 is 1.08 bits per heavy atom. The molecule has 1 aliphatic rings. The Hall–Kier alpha value is -3.09. The molecule has 2 N–H and O–H groups in total. The Bertz CT molecular complexity index is 748. The van der Waals surface area contributed by atoms with Crippen LogP contribution in [-0.2, 0) is 4.79 Å². The lowest BCUT2D eigenvalue weighted by Crippen LogP contribution is -2.21. The van der Waals surface area contributed by atoms with Gasteiger partial charge >= 0.3 is 0 Å². The summed E-state index contributed by atoms with van der Waals surface area (Å²) in [6, 6.07) is 10.6. The fourth-order valence-electron chi connectivity index (χ4n) is 2.31. The number of carbonyl (C=O) groups excluding carboxylic acids is 1. The van der Waals surface area contributed by atoms with Crippen LogP contribution in [0.5, 0.6) is 23.0 Å². The van der Waals surface area contributed by atoms with E-state index in [1.807, 2.05) is 0 Å². The summed E-state index contributed by atoms with van der Waals surface area (Å²) in [5, 5.41) is 5.84. The summed E-state index contributed by atoms with van der Waals surface area (Å²) in [6.07, 6.45) is 0. The fraction of sp³-hybridized carbons (Fsp3) is 0.235. The second-order valence-corrected chi connectivity index (χ2v) is 5.04. The number of carbonyl (C=O) groups is 1. The highest BCUT2D eigenvalue weighted by molar-refractivity contribution is 5.94. The van der Waals surface area contributed by atoms with E-state index in [2.05, 4.69) is 10.6 Å². The number of ether oxygens (including phenoxy) is 4. The lowest BCUT2D eigenvalue weighted by Gasteiger charge is -2.13. The van der Waals surface area contributed by atoms with E-state index in [-0.39, 0.29) is 19.2 Å². The van der Waals surface area contributed by atoms with E-state index >= 15 is 0 Å². The minimum absolute atomic E-state index is 0.0813. The van der Waals surface area contributed by atoms with Crippen LogP contribution in [0.3, 0.4) is 0 Å². The highest BCUT2D eigenvalue weighted by Crippen LogP contribution is 2.34. The van der Waals surface area contributed by atoms with Gasteiger partial charge in [-0.1, -0.05) is 0 Å². The third kappa shape index (κ3) is 3.45. The zero-order valence-corrected chi connectivity index (χ0v) is 13.4. The number of methoxy groups -OCH3 is 2. The predicted octanol–water partition coefficient (Wildman–Crippen LogP) is 2.48. The van der Waals surface area contributed by atoms with Crippen LogP contribution in [-0.4, -0.2) is 33.5 Å². The van der Waals surface area contributed by atoms with Crippen LogP contribution in [0.15, 0.2) is 36.4 Å². The van der Waals surface area contributed by atoms with Gasteiger partial charge in [-0.15, -0.1) is 0 Å². The largest absolute Gasteiger partial charge is 0.497 e. The Morgan fingerprint density at radius 2 is 1.92 bits per heavy atom. The first-order valence-electron chi connectivity index (χ1n) is 7.35. The maximum absolute atomic E-state index is 12.1. The average molecular weight is 330 g/mol. The smallest absolute Gasteiger partial charge is 0.243 e. The van der Waals surface area contributed by atoms with Crippen molar-refractivity contribution in [1.29, 1.82) is 0 Å². The summed E-state index contributed by atoms with van der Waals surface area (Å²) < 4.78 is 21.0. The molecular weight excluding hydrogens is 312 g/mol. The highest BCUT2D eigenvalue weighted by Gasteiger charge is 2.14. The van der Waals surface area contributed by atoms with Crippen molar-refractivity contribution in [1.82, 2.24) is 0 Å². The van der Waals surface area contributed by atoms with Gasteiger partial charge in [-0.3, -0.25) is 4.79 Å². The summed E-state index contributed by atoms with van der Waals surface area (Å²) in [5.41, 5.74) is 1.32. The van der Waals surface area contributed by atoms with Gasteiger partial charge in [-0.25, -0.2) is 0 Å². The first-order valence-corrected chi connectivity index (χ1v) is 7.35. The molecule has 0 fully saturated rings. The molecule has 7 heteroatoms. The Kier molecular flexibility index (Phi) is 4.60. The topological polar surface area (TPSA) is 78.1 Å². The molecule has 0 atom stereocenters. The zero-order valence-electron chi connectivity index (χ0n) is 13.4. The molecule has 7 nitrogen and oxygen atoms in total. The fourth-order valence-corrected chi connectivity index (χ4v) is 2.31. The Labute approximate surface area is 139 Å². The third-order valence-corrected chi connectivity index (χ3v) is 3.50. The Balaban J connectivity index is 1.61. The number of rotatable bonds is 6. The number of benzene rings is 2. The molecule has 0 unspecified atom stereocenters. The second kappa shape index (κ2) is 6.99. The number of hydrogen-bond acceptors (Lipinski definition) is 6. The lowest BCUT2D eigenvalue weighted by molar-refractivity contribution is -0.114. The number of nitrogens with one attached hydrogen (secondary N) is 2. The summed E-state index contributed by atoms with van der Waals surface area (Å²) >= 11 is 0. The van der Waals surface area contributed by atoms with Crippen molar-refractivity contribution in [2.75, 3.05) is 38.2 Å². The van der Waals surface area contributed by atoms with Crippen LogP contribution in [0, 0.1) is 0 Å². The van der Waals surface area contributed by atoms with Crippen LogP contribution in [0.25, 0.3) is 0 Å². The van der Waals surface area contributed by atoms with Crippen LogP contribution in [0.2, 0.25) is 0 Å². The molecule has 0 bridgehead atoms. The van der Waals surface area contributed by atoms with Crippen LogP contribution in [0.1, 0.15) is 0 Å². The van der Waals surface area contributed by atoms with E-state index < -0.39 is 0 Å². The van der Waals surface area contributed by atoms with Crippen LogP contribution >= 0.6 is 0 Å². The molecule has 2 aromatic rings. The molecule has 24 heavy (non-hydrogen) atoms. The molecule has 0 radical (unpaired) electrons. The second-order valence-electron chi connectivity index (χ2n) is 5.04. The maximum Gasteiger partial charge on any atom is 0.243 e. The number of hydrogen-bond donors (Lipinski definition) is 2. The monoisotopic (exact) mass is 330 g/mol. The van der Waals surface area contributed by atoms with Gasteiger partial charge in [0, 0.05) is 17.8 Å². The number of fused-ring (bicyclic) bond motifs is 1. The molecule has 1 aliphatic heterocycles. The number of anilines is 2. The van der Waals surface area contributed by atoms with Crippen molar-refractivity contribution >= 4 is 17.3 Å². The molecule has 0 saturated heterocycles. The summed E-state index contributed by atoms with van der Waals surface area (Å²) in [4.78, 5) is 12.1. The van der Waals surface area contributed by atoms with E-state index in [0.29, 0.717) is 34.4 Å². The van der Waals surface area contributed by atoms with Gasteiger partial charge in [-0.2, -0.15) is 0 Å². The first-order chi connectivity index (χ1) is 11.7. The minimum Gasteiger partial charge on any atom is -0.497 e. The van der Waals surface area contributed by atoms with E-state index in [4.69, 9.17) is 18.9 Å². The van der Waals surface area contributed by atoms with Gasteiger partial charge in [0.05, 0.1) is 26.5 Å². The van der Waals surface area contributed by atoms with Crippen LogP contribution < -0.4 is 29.6 Å². The molecule has 0 aromatic heterocycles. The van der Waals surface area contributed by atoms with Crippen molar-refractivity contribution < 1.29 is 23.7 Å². The van der Waals surface area contributed by atoms with Gasteiger partial charge in [0.1, 0.15) is 11.5 Å². The molecule has 2 aromatic carbocycles. The van der Waals surface area contributed by atoms with Crippen molar-refractivity contribution in [3.05, 3.63) is 36.4 Å². The summed E-state index contributed by atoms with van der Waals surface area (Å²) in [5.74, 6) is 2.40. The van der Waals surface area contributed by atoms with Crippen molar-refractivity contribution in [3.8, 4) is 23.0 Å². The number of amides is 1. The van der Waals surface area contributed by atoms with E-state index in [1.165, 1.54) is 0 Å². The van der Waals surface area contributed by atoms with Crippen molar-refractivity contribution in [3.63, 3.8) is 0 Å². The maximum atomic E-state index is 12.1. The SMILES string of the molecule is COc1ccc(OC)c(NCC(=O)Nc2ccc3c(c2)OCO3)c1.